The summed E-state index contributed by atoms with van der Waals surface area (Å²) >= 11 is 5.90. The number of hydrogen-bond donors (Lipinski definition) is 1. The van der Waals surface area contributed by atoms with Gasteiger partial charge in [0.1, 0.15) is 11.6 Å². The normalized spacial score (nSPS) is 10.4. The fraction of sp³-hybridized carbons (Fsp3) is 0.182. The van der Waals surface area contributed by atoms with Gasteiger partial charge in [0.15, 0.2) is 0 Å². The molecule has 0 atom stereocenters. The topological polar surface area (TPSA) is 64.7 Å². The molecular formula is C11H11ClN4. The van der Waals surface area contributed by atoms with Crippen LogP contribution in [0.2, 0.25) is 5.02 Å². The number of hydrogen-bond acceptors (Lipinski definition) is 4. The van der Waals surface area contributed by atoms with E-state index in [2.05, 4.69) is 15.0 Å². The molecule has 5 heteroatoms. The fourth-order valence-corrected chi connectivity index (χ4v) is 1.68. The molecule has 0 radical (unpaired) electrons. The highest BCUT2D eigenvalue weighted by Gasteiger charge is 2.03. The third-order valence-corrected chi connectivity index (χ3v) is 2.30. The van der Waals surface area contributed by atoms with Gasteiger partial charge in [-0.25, -0.2) is 4.98 Å². The molecule has 0 fully saturated rings. The van der Waals surface area contributed by atoms with Crippen LogP contribution in [0.4, 0.5) is 5.95 Å². The molecule has 16 heavy (non-hydrogen) atoms. The van der Waals surface area contributed by atoms with Crippen molar-refractivity contribution >= 4 is 17.5 Å². The van der Waals surface area contributed by atoms with Gasteiger partial charge in [-0.1, -0.05) is 23.7 Å². The number of nitrogens with zero attached hydrogens (tertiary/aromatic N) is 3. The Balaban J connectivity index is 2.27. The molecule has 1 heterocycles. The summed E-state index contributed by atoms with van der Waals surface area (Å²) in [4.78, 5) is 12.2. The van der Waals surface area contributed by atoms with E-state index in [-0.39, 0.29) is 5.95 Å². The third kappa shape index (κ3) is 2.67. The molecule has 2 aromatic rings. The molecule has 1 aromatic heterocycles. The van der Waals surface area contributed by atoms with Gasteiger partial charge in [-0.3, -0.25) is 0 Å². The number of rotatable bonds is 2. The zero-order chi connectivity index (χ0) is 11.5. The molecular weight excluding hydrogens is 224 g/mol. The Morgan fingerprint density at radius 2 is 2.06 bits per heavy atom. The van der Waals surface area contributed by atoms with E-state index in [4.69, 9.17) is 17.3 Å². The third-order valence-electron chi connectivity index (χ3n) is 2.06. The van der Waals surface area contributed by atoms with Crippen molar-refractivity contribution in [3.63, 3.8) is 0 Å². The van der Waals surface area contributed by atoms with Gasteiger partial charge in [0.05, 0.1) is 0 Å². The first-order chi connectivity index (χ1) is 7.63. The van der Waals surface area contributed by atoms with Crippen molar-refractivity contribution < 1.29 is 0 Å². The molecule has 2 N–H and O–H groups in total. The van der Waals surface area contributed by atoms with E-state index in [1.807, 2.05) is 24.3 Å². The Kier molecular flexibility index (Phi) is 3.01. The lowest BCUT2D eigenvalue weighted by Crippen LogP contribution is -2.05. The van der Waals surface area contributed by atoms with Gasteiger partial charge < -0.3 is 5.73 Å². The van der Waals surface area contributed by atoms with Crippen molar-refractivity contribution in [3.05, 3.63) is 46.5 Å². The van der Waals surface area contributed by atoms with Gasteiger partial charge >= 0.3 is 0 Å². The van der Waals surface area contributed by atoms with E-state index in [0.29, 0.717) is 23.1 Å². The minimum atomic E-state index is 0.254. The van der Waals surface area contributed by atoms with E-state index in [0.717, 1.165) is 5.56 Å². The smallest absolute Gasteiger partial charge is 0.223 e. The van der Waals surface area contributed by atoms with E-state index in [1.54, 1.807) is 6.92 Å². The Hall–Kier alpha value is -1.68. The molecule has 4 nitrogen and oxygen atoms in total. The van der Waals surface area contributed by atoms with Crippen molar-refractivity contribution in [2.75, 3.05) is 5.73 Å². The standard InChI is InChI=1S/C11H11ClN4/c1-7-14-10(16-11(13)15-7)6-8-3-2-4-9(12)5-8/h2-5H,6H2,1H3,(H2,13,14,15,16). The minimum Gasteiger partial charge on any atom is -0.368 e. The van der Waals surface area contributed by atoms with Crippen LogP contribution >= 0.6 is 11.6 Å². The van der Waals surface area contributed by atoms with Crippen molar-refractivity contribution in [3.8, 4) is 0 Å². The highest BCUT2D eigenvalue weighted by molar-refractivity contribution is 6.30. The van der Waals surface area contributed by atoms with Gasteiger partial charge in [0, 0.05) is 11.4 Å². The van der Waals surface area contributed by atoms with Crippen LogP contribution in [-0.4, -0.2) is 15.0 Å². The summed E-state index contributed by atoms with van der Waals surface area (Å²) in [6.45, 7) is 1.79. The average Bonchev–Trinajstić information content (AvgIpc) is 2.15. The number of anilines is 1. The lowest BCUT2D eigenvalue weighted by Gasteiger charge is -2.02. The Morgan fingerprint density at radius 3 is 2.75 bits per heavy atom. The first kappa shape index (κ1) is 10.8. The lowest BCUT2D eigenvalue weighted by atomic mass is 10.1. The van der Waals surface area contributed by atoms with Gasteiger partial charge in [0.2, 0.25) is 5.95 Å². The molecule has 0 unspecified atom stereocenters. The molecule has 0 amide bonds. The molecule has 0 saturated heterocycles. The predicted octanol–water partition coefficient (Wildman–Crippen LogP) is 2.01. The summed E-state index contributed by atoms with van der Waals surface area (Å²) in [5.74, 6) is 1.54. The molecule has 0 saturated carbocycles. The SMILES string of the molecule is Cc1nc(N)nc(Cc2cccc(Cl)c2)n1. The number of nitrogens with two attached hydrogens (primary N) is 1. The van der Waals surface area contributed by atoms with Crippen molar-refractivity contribution in [2.45, 2.75) is 13.3 Å². The van der Waals surface area contributed by atoms with Crippen molar-refractivity contribution in [1.82, 2.24) is 15.0 Å². The second-order valence-electron chi connectivity index (χ2n) is 3.46. The molecule has 0 spiro atoms. The van der Waals surface area contributed by atoms with Gasteiger partial charge in [-0.2, -0.15) is 9.97 Å². The molecule has 0 aliphatic carbocycles. The maximum Gasteiger partial charge on any atom is 0.223 e. The summed E-state index contributed by atoms with van der Waals surface area (Å²) in [5.41, 5.74) is 6.61. The number of halogens is 1. The van der Waals surface area contributed by atoms with Crippen LogP contribution in [0.15, 0.2) is 24.3 Å². The van der Waals surface area contributed by atoms with Crippen molar-refractivity contribution in [2.24, 2.45) is 0 Å². The van der Waals surface area contributed by atoms with Gasteiger partial charge in [-0.05, 0) is 24.6 Å². The van der Waals surface area contributed by atoms with E-state index >= 15 is 0 Å². The molecule has 1 aromatic carbocycles. The van der Waals surface area contributed by atoms with Crippen LogP contribution in [-0.2, 0) is 6.42 Å². The number of aryl methyl sites for hydroxylation is 1. The quantitative estimate of drug-likeness (QED) is 0.863. The average molecular weight is 235 g/mol. The number of benzene rings is 1. The Morgan fingerprint density at radius 1 is 1.25 bits per heavy atom. The molecule has 0 aliphatic rings. The maximum absolute atomic E-state index is 5.90. The zero-order valence-electron chi connectivity index (χ0n) is 8.81. The molecule has 2 rings (SSSR count). The van der Waals surface area contributed by atoms with Crippen LogP contribution in [0, 0.1) is 6.92 Å². The second-order valence-corrected chi connectivity index (χ2v) is 3.90. The Bertz CT molecular complexity index is 493. The minimum absolute atomic E-state index is 0.254. The zero-order valence-corrected chi connectivity index (χ0v) is 9.57. The molecule has 0 bridgehead atoms. The predicted molar refractivity (Wildman–Crippen MR) is 63.2 cm³/mol. The van der Waals surface area contributed by atoms with Crippen LogP contribution in [0.3, 0.4) is 0 Å². The van der Waals surface area contributed by atoms with E-state index < -0.39 is 0 Å². The van der Waals surface area contributed by atoms with E-state index in [9.17, 15) is 0 Å². The van der Waals surface area contributed by atoms with Crippen LogP contribution < -0.4 is 5.73 Å². The summed E-state index contributed by atoms with van der Waals surface area (Å²) in [7, 11) is 0. The van der Waals surface area contributed by atoms with Crippen LogP contribution in [0.5, 0.6) is 0 Å². The maximum atomic E-state index is 5.90. The first-order valence-electron chi connectivity index (χ1n) is 4.85. The summed E-state index contributed by atoms with van der Waals surface area (Å²) < 4.78 is 0. The van der Waals surface area contributed by atoms with Gasteiger partial charge in [0.25, 0.3) is 0 Å². The lowest BCUT2D eigenvalue weighted by molar-refractivity contribution is 0.890. The number of aromatic nitrogens is 3. The summed E-state index contributed by atoms with van der Waals surface area (Å²) in [6.07, 6.45) is 0.605. The van der Waals surface area contributed by atoms with Gasteiger partial charge in [-0.15, -0.1) is 0 Å². The molecule has 0 aliphatic heterocycles. The second kappa shape index (κ2) is 4.45. The van der Waals surface area contributed by atoms with Crippen LogP contribution in [0.1, 0.15) is 17.2 Å². The van der Waals surface area contributed by atoms with E-state index in [1.165, 1.54) is 0 Å². The first-order valence-corrected chi connectivity index (χ1v) is 5.23. The summed E-state index contributed by atoms with van der Waals surface area (Å²) in [6, 6.07) is 7.59. The Labute approximate surface area is 98.5 Å². The molecule has 82 valence electrons. The largest absolute Gasteiger partial charge is 0.368 e. The highest BCUT2D eigenvalue weighted by atomic mass is 35.5. The van der Waals surface area contributed by atoms with Crippen molar-refractivity contribution in [1.29, 1.82) is 0 Å². The summed E-state index contributed by atoms with van der Waals surface area (Å²) in [5, 5.41) is 0.705. The fourth-order valence-electron chi connectivity index (χ4n) is 1.47. The van der Waals surface area contributed by atoms with Crippen LogP contribution in [0.25, 0.3) is 0 Å². The number of nitrogen functional groups attached to an aromatic ring is 1. The monoisotopic (exact) mass is 234 g/mol. The highest BCUT2D eigenvalue weighted by Crippen LogP contribution is 2.13.